The van der Waals surface area contributed by atoms with Gasteiger partial charge in [-0.25, -0.2) is 0 Å². The zero-order valence-corrected chi connectivity index (χ0v) is 18.4. The molecule has 2 amide bonds. The highest BCUT2D eigenvalue weighted by molar-refractivity contribution is 6.04. The maximum Gasteiger partial charge on any atom is 0.238 e. The number of para-hydroxylation sites is 1. The van der Waals surface area contributed by atoms with Crippen LogP contribution < -0.4 is 10.6 Å². The van der Waals surface area contributed by atoms with Crippen molar-refractivity contribution in [1.82, 2.24) is 9.80 Å². The number of carbonyl (C=O) groups excluding carboxylic acids is 3. The number of rotatable bonds is 7. The first-order valence-electron chi connectivity index (χ1n) is 10.5. The number of benzene rings is 2. The van der Waals surface area contributed by atoms with E-state index in [1.54, 1.807) is 24.3 Å². The van der Waals surface area contributed by atoms with E-state index in [4.69, 9.17) is 0 Å². The number of carbonyl (C=O) groups is 3. The Kier molecular flexibility index (Phi) is 7.55. The zero-order chi connectivity index (χ0) is 22.4. The van der Waals surface area contributed by atoms with E-state index in [9.17, 15) is 14.4 Å². The maximum atomic E-state index is 12.4. The first-order chi connectivity index (χ1) is 14.8. The Labute approximate surface area is 183 Å². The van der Waals surface area contributed by atoms with Crippen molar-refractivity contribution >= 4 is 29.0 Å². The van der Waals surface area contributed by atoms with Gasteiger partial charge in [-0.05, 0) is 50.1 Å². The third-order valence-corrected chi connectivity index (χ3v) is 5.66. The highest BCUT2D eigenvalue weighted by Crippen LogP contribution is 2.18. The molecule has 0 saturated carbocycles. The molecule has 1 aliphatic heterocycles. The van der Waals surface area contributed by atoms with Crippen LogP contribution in [-0.2, 0) is 9.59 Å². The Hall–Kier alpha value is -3.03. The van der Waals surface area contributed by atoms with Crippen LogP contribution in [0.1, 0.15) is 28.4 Å². The fourth-order valence-corrected chi connectivity index (χ4v) is 3.68. The molecule has 0 unspecified atom stereocenters. The number of Topliss-reactive ketones (excluding diaryl/α,β-unsaturated/α-hetero) is 1. The van der Waals surface area contributed by atoms with Gasteiger partial charge in [0.1, 0.15) is 0 Å². The predicted octanol–water partition coefficient (Wildman–Crippen LogP) is 2.70. The molecule has 0 radical (unpaired) electrons. The number of anilines is 2. The SMILES string of the molecule is CC(=O)c1ccccc1NC(=O)CN1CCN(CC(=O)Nc2cccc(C)c2C)CC1. The largest absolute Gasteiger partial charge is 0.325 e. The van der Waals surface area contributed by atoms with E-state index in [1.807, 2.05) is 32.0 Å². The number of nitrogens with one attached hydrogen (secondary N) is 2. The Bertz CT molecular complexity index is 965. The Balaban J connectivity index is 1.44. The van der Waals surface area contributed by atoms with Crippen LogP contribution in [0, 0.1) is 13.8 Å². The van der Waals surface area contributed by atoms with Gasteiger partial charge >= 0.3 is 0 Å². The fourth-order valence-electron chi connectivity index (χ4n) is 3.68. The molecule has 0 aromatic heterocycles. The second kappa shape index (κ2) is 10.3. The van der Waals surface area contributed by atoms with Gasteiger partial charge in [0.25, 0.3) is 0 Å². The summed E-state index contributed by atoms with van der Waals surface area (Å²) in [6.07, 6.45) is 0. The van der Waals surface area contributed by atoms with Crippen LogP contribution in [0.3, 0.4) is 0 Å². The van der Waals surface area contributed by atoms with Crippen molar-refractivity contribution in [2.45, 2.75) is 20.8 Å². The van der Waals surface area contributed by atoms with E-state index in [1.165, 1.54) is 6.92 Å². The van der Waals surface area contributed by atoms with Crippen molar-refractivity contribution < 1.29 is 14.4 Å². The third kappa shape index (κ3) is 6.23. The second-order valence-corrected chi connectivity index (χ2v) is 8.00. The minimum Gasteiger partial charge on any atom is -0.325 e. The number of hydrogen-bond acceptors (Lipinski definition) is 5. The molecule has 2 aromatic carbocycles. The summed E-state index contributed by atoms with van der Waals surface area (Å²) in [6.45, 7) is 8.96. The Morgan fingerprint density at radius 1 is 0.774 bits per heavy atom. The normalized spacial score (nSPS) is 14.8. The van der Waals surface area contributed by atoms with Crippen LogP contribution in [0.15, 0.2) is 42.5 Å². The molecule has 31 heavy (non-hydrogen) atoms. The van der Waals surface area contributed by atoms with E-state index in [-0.39, 0.29) is 24.1 Å². The lowest BCUT2D eigenvalue weighted by atomic mass is 10.1. The molecular formula is C24H30N4O3. The molecule has 0 atom stereocenters. The average Bonchev–Trinajstić information content (AvgIpc) is 2.73. The monoisotopic (exact) mass is 422 g/mol. The topological polar surface area (TPSA) is 81.8 Å². The summed E-state index contributed by atoms with van der Waals surface area (Å²) in [5.41, 5.74) is 4.14. The highest BCUT2D eigenvalue weighted by atomic mass is 16.2. The van der Waals surface area contributed by atoms with Gasteiger partial charge in [-0.1, -0.05) is 24.3 Å². The van der Waals surface area contributed by atoms with Crippen molar-refractivity contribution in [1.29, 1.82) is 0 Å². The molecule has 0 aliphatic carbocycles. The predicted molar refractivity (Wildman–Crippen MR) is 123 cm³/mol. The summed E-state index contributed by atoms with van der Waals surface area (Å²) in [6, 6.07) is 12.9. The van der Waals surface area contributed by atoms with E-state index in [2.05, 4.69) is 20.4 Å². The smallest absolute Gasteiger partial charge is 0.238 e. The van der Waals surface area contributed by atoms with Crippen molar-refractivity contribution in [3.05, 3.63) is 59.2 Å². The van der Waals surface area contributed by atoms with Crippen LogP contribution in [0.4, 0.5) is 11.4 Å². The molecule has 0 spiro atoms. The maximum absolute atomic E-state index is 12.4. The van der Waals surface area contributed by atoms with Gasteiger partial charge in [0.05, 0.1) is 18.8 Å². The quantitative estimate of drug-likeness (QED) is 0.671. The first kappa shape index (κ1) is 22.7. The molecular weight excluding hydrogens is 392 g/mol. The molecule has 3 rings (SSSR count). The minimum absolute atomic E-state index is 0.0271. The average molecular weight is 423 g/mol. The Morgan fingerprint density at radius 3 is 1.87 bits per heavy atom. The van der Waals surface area contributed by atoms with Crippen LogP contribution >= 0.6 is 0 Å². The van der Waals surface area contributed by atoms with Gasteiger partial charge < -0.3 is 10.6 Å². The lowest BCUT2D eigenvalue weighted by molar-refractivity contribution is -0.120. The molecule has 1 heterocycles. The summed E-state index contributed by atoms with van der Waals surface area (Å²) < 4.78 is 0. The molecule has 2 aromatic rings. The molecule has 1 saturated heterocycles. The van der Waals surface area contributed by atoms with Crippen molar-refractivity contribution in [2.75, 3.05) is 49.9 Å². The van der Waals surface area contributed by atoms with Crippen molar-refractivity contribution in [2.24, 2.45) is 0 Å². The van der Waals surface area contributed by atoms with Gasteiger partial charge in [-0.2, -0.15) is 0 Å². The number of aryl methyl sites for hydroxylation is 1. The van der Waals surface area contributed by atoms with E-state index >= 15 is 0 Å². The second-order valence-electron chi connectivity index (χ2n) is 8.00. The molecule has 2 N–H and O–H groups in total. The van der Waals surface area contributed by atoms with Gasteiger partial charge in [-0.15, -0.1) is 0 Å². The summed E-state index contributed by atoms with van der Waals surface area (Å²) in [5.74, 6) is -0.251. The van der Waals surface area contributed by atoms with Gasteiger partial charge in [-0.3, -0.25) is 24.2 Å². The molecule has 0 bridgehead atoms. The van der Waals surface area contributed by atoms with E-state index < -0.39 is 0 Å². The standard InChI is InChI=1S/C24H30N4O3/c1-17-7-6-10-21(18(17)2)25-23(30)15-27-11-13-28(14-12-27)16-24(31)26-22-9-5-4-8-20(22)19(3)29/h4-10H,11-16H2,1-3H3,(H,25,30)(H,26,31). The van der Waals surface area contributed by atoms with Crippen molar-refractivity contribution in [3.8, 4) is 0 Å². The number of nitrogens with zero attached hydrogens (tertiary/aromatic N) is 2. The van der Waals surface area contributed by atoms with Crippen LogP contribution in [0.5, 0.6) is 0 Å². The lowest BCUT2D eigenvalue weighted by Crippen LogP contribution is -2.50. The number of amides is 2. The van der Waals surface area contributed by atoms with E-state index in [0.29, 0.717) is 30.9 Å². The summed E-state index contributed by atoms with van der Waals surface area (Å²) in [5, 5.41) is 5.84. The lowest BCUT2D eigenvalue weighted by Gasteiger charge is -2.33. The van der Waals surface area contributed by atoms with Crippen LogP contribution in [0.25, 0.3) is 0 Å². The molecule has 1 aliphatic rings. The summed E-state index contributed by atoms with van der Waals surface area (Å²) in [4.78, 5) is 40.7. The van der Waals surface area contributed by atoms with E-state index in [0.717, 1.165) is 29.9 Å². The molecule has 7 heteroatoms. The van der Waals surface area contributed by atoms with Crippen LogP contribution in [-0.4, -0.2) is 66.7 Å². The number of ketones is 1. The highest BCUT2D eigenvalue weighted by Gasteiger charge is 2.21. The van der Waals surface area contributed by atoms with Gasteiger partial charge in [0.2, 0.25) is 11.8 Å². The molecule has 1 fully saturated rings. The molecule has 164 valence electrons. The fraction of sp³-hybridized carbons (Fsp3) is 0.375. The minimum atomic E-state index is -0.144. The zero-order valence-electron chi connectivity index (χ0n) is 18.4. The van der Waals surface area contributed by atoms with Gasteiger partial charge in [0, 0.05) is 37.4 Å². The third-order valence-electron chi connectivity index (χ3n) is 5.66. The van der Waals surface area contributed by atoms with Gasteiger partial charge in [0.15, 0.2) is 5.78 Å². The van der Waals surface area contributed by atoms with Crippen molar-refractivity contribution in [3.63, 3.8) is 0 Å². The first-order valence-corrected chi connectivity index (χ1v) is 10.5. The molecule has 7 nitrogen and oxygen atoms in total. The number of hydrogen-bond donors (Lipinski definition) is 2. The summed E-state index contributed by atoms with van der Waals surface area (Å²) >= 11 is 0. The summed E-state index contributed by atoms with van der Waals surface area (Å²) in [7, 11) is 0. The van der Waals surface area contributed by atoms with Crippen LogP contribution in [0.2, 0.25) is 0 Å². The number of piperazine rings is 1. The Morgan fingerprint density at radius 2 is 1.29 bits per heavy atom.